The highest BCUT2D eigenvalue weighted by atomic mass is 16.5. The van der Waals surface area contributed by atoms with Gasteiger partial charge in [-0.15, -0.1) is 0 Å². The summed E-state index contributed by atoms with van der Waals surface area (Å²) in [4.78, 5) is 4.80. The molecule has 3 rings (SSSR count). The molecule has 3 aromatic rings. The molecule has 114 valence electrons. The van der Waals surface area contributed by atoms with Crippen molar-refractivity contribution in [2.75, 3.05) is 14.2 Å². The molecule has 2 aromatic carbocycles. The zero-order valence-electron chi connectivity index (χ0n) is 13.3. The first-order valence-electron chi connectivity index (χ1n) is 7.35. The Morgan fingerprint density at radius 2 is 1.68 bits per heavy atom. The lowest BCUT2D eigenvalue weighted by Gasteiger charge is -2.14. The molecule has 0 aliphatic heterocycles. The third-order valence-corrected chi connectivity index (χ3v) is 3.75. The molecule has 4 nitrogen and oxygen atoms in total. The van der Waals surface area contributed by atoms with Gasteiger partial charge >= 0.3 is 0 Å². The van der Waals surface area contributed by atoms with Gasteiger partial charge in [-0.25, -0.2) is 4.98 Å². The van der Waals surface area contributed by atoms with Crippen LogP contribution in [0.5, 0.6) is 11.5 Å². The number of nitrogens with zero attached hydrogens (tertiary/aromatic N) is 2. The summed E-state index contributed by atoms with van der Waals surface area (Å²) < 4.78 is 13.0. The fourth-order valence-corrected chi connectivity index (χ4v) is 2.75. The number of para-hydroxylation sites is 2. The fraction of sp³-hybridized carbons (Fsp3) is 0.278. The third kappa shape index (κ3) is 2.30. The van der Waals surface area contributed by atoms with Crippen LogP contribution in [0.2, 0.25) is 0 Å². The first-order valence-corrected chi connectivity index (χ1v) is 7.35. The predicted octanol–water partition coefficient (Wildman–Crippen LogP) is 4.30. The van der Waals surface area contributed by atoms with Crippen molar-refractivity contribution >= 4 is 11.0 Å². The van der Waals surface area contributed by atoms with Crippen molar-refractivity contribution in [3.05, 3.63) is 42.5 Å². The summed E-state index contributed by atoms with van der Waals surface area (Å²) in [5.74, 6) is 2.37. The van der Waals surface area contributed by atoms with E-state index in [1.165, 1.54) is 0 Å². The first-order chi connectivity index (χ1) is 10.7. The second kappa shape index (κ2) is 5.72. The van der Waals surface area contributed by atoms with Gasteiger partial charge in [0.15, 0.2) is 11.5 Å². The van der Waals surface area contributed by atoms with Crippen molar-refractivity contribution in [1.82, 2.24) is 9.55 Å². The van der Waals surface area contributed by atoms with Gasteiger partial charge in [0.05, 0.1) is 25.3 Å². The Bertz CT molecular complexity index is 806. The number of ether oxygens (including phenoxy) is 2. The van der Waals surface area contributed by atoms with E-state index >= 15 is 0 Å². The van der Waals surface area contributed by atoms with Crippen LogP contribution >= 0.6 is 0 Å². The van der Waals surface area contributed by atoms with E-state index in [1.807, 2.05) is 36.4 Å². The molecule has 0 aliphatic rings. The van der Waals surface area contributed by atoms with Gasteiger partial charge in [0, 0.05) is 11.6 Å². The van der Waals surface area contributed by atoms with E-state index in [2.05, 4.69) is 24.5 Å². The van der Waals surface area contributed by atoms with Crippen molar-refractivity contribution in [2.45, 2.75) is 19.9 Å². The van der Waals surface area contributed by atoms with E-state index < -0.39 is 0 Å². The maximum atomic E-state index is 5.41. The highest BCUT2D eigenvalue weighted by molar-refractivity contribution is 5.81. The minimum absolute atomic E-state index is 0.315. The lowest BCUT2D eigenvalue weighted by atomic mass is 10.1. The Morgan fingerprint density at radius 3 is 2.36 bits per heavy atom. The topological polar surface area (TPSA) is 36.3 Å². The van der Waals surface area contributed by atoms with Crippen molar-refractivity contribution in [3.63, 3.8) is 0 Å². The van der Waals surface area contributed by atoms with E-state index in [-0.39, 0.29) is 0 Å². The molecular formula is C18H20N2O2. The van der Waals surface area contributed by atoms with Crippen molar-refractivity contribution < 1.29 is 9.47 Å². The van der Waals surface area contributed by atoms with Gasteiger partial charge in [0.1, 0.15) is 5.82 Å². The lowest BCUT2D eigenvalue weighted by molar-refractivity contribution is 0.355. The Labute approximate surface area is 130 Å². The maximum absolute atomic E-state index is 5.41. The molecule has 0 saturated heterocycles. The number of fused-ring (bicyclic) bond motifs is 1. The van der Waals surface area contributed by atoms with Gasteiger partial charge in [-0.1, -0.05) is 12.1 Å². The van der Waals surface area contributed by atoms with Crippen LogP contribution in [0.15, 0.2) is 42.5 Å². The van der Waals surface area contributed by atoms with E-state index in [4.69, 9.17) is 14.5 Å². The highest BCUT2D eigenvalue weighted by Gasteiger charge is 2.16. The predicted molar refractivity (Wildman–Crippen MR) is 88.7 cm³/mol. The molecule has 0 unspecified atom stereocenters. The highest BCUT2D eigenvalue weighted by Crippen LogP contribution is 2.34. The molecule has 0 fully saturated rings. The van der Waals surface area contributed by atoms with Crippen LogP contribution in [0.25, 0.3) is 22.4 Å². The number of aromatic nitrogens is 2. The second-order valence-electron chi connectivity index (χ2n) is 5.46. The molecule has 0 radical (unpaired) electrons. The minimum atomic E-state index is 0.315. The van der Waals surface area contributed by atoms with E-state index in [0.717, 1.165) is 28.2 Å². The summed E-state index contributed by atoms with van der Waals surface area (Å²) in [5, 5.41) is 0. The molecule has 1 heterocycles. The molecule has 0 aliphatic carbocycles. The molecule has 4 heteroatoms. The fourth-order valence-electron chi connectivity index (χ4n) is 2.75. The summed E-state index contributed by atoms with van der Waals surface area (Å²) in [5.41, 5.74) is 3.16. The van der Waals surface area contributed by atoms with Crippen LogP contribution in [-0.4, -0.2) is 23.8 Å². The maximum Gasteiger partial charge on any atom is 0.161 e. The number of methoxy groups -OCH3 is 2. The van der Waals surface area contributed by atoms with Crippen LogP contribution < -0.4 is 9.47 Å². The standard InChI is InChI=1S/C18H20N2O2/c1-12(2)20-15-8-6-5-7-14(15)19-18(20)13-9-10-16(21-3)17(11-13)22-4/h5-12H,1-4H3. The van der Waals surface area contributed by atoms with Crippen molar-refractivity contribution in [3.8, 4) is 22.9 Å². The monoisotopic (exact) mass is 296 g/mol. The number of imidazole rings is 1. The number of hydrogen-bond acceptors (Lipinski definition) is 3. The smallest absolute Gasteiger partial charge is 0.161 e. The molecule has 22 heavy (non-hydrogen) atoms. The number of benzene rings is 2. The summed E-state index contributed by atoms with van der Waals surface area (Å²) in [7, 11) is 3.29. The largest absolute Gasteiger partial charge is 0.493 e. The number of hydrogen-bond donors (Lipinski definition) is 0. The number of rotatable bonds is 4. The normalized spacial score (nSPS) is 11.1. The SMILES string of the molecule is COc1ccc(-c2nc3ccccc3n2C(C)C)cc1OC. The summed E-state index contributed by atoms with van der Waals surface area (Å²) >= 11 is 0. The van der Waals surface area contributed by atoms with Gasteiger partial charge in [0.25, 0.3) is 0 Å². The molecule has 1 aromatic heterocycles. The van der Waals surface area contributed by atoms with Gasteiger partial charge in [0.2, 0.25) is 0 Å². The van der Waals surface area contributed by atoms with Gasteiger partial charge in [-0.3, -0.25) is 0 Å². The van der Waals surface area contributed by atoms with E-state index in [9.17, 15) is 0 Å². The average molecular weight is 296 g/mol. The van der Waals surface area contributed by atoms with Crippen molar-refractivity contribution in [2.24, 2.45) is 0 Å². The summed E-state index contributed by atoms with van der Waals surface area (Å²) in [6.07, 6.45) is 0. The molecule has 0 amide bonds. The Morgan fingerprint density at radius 1 is 0.955 bits per heavy atom. The Kier molecular flexibility index (Phi) is 3.75. The zero-order valence-corrected chi connectivity index (χ0v) is 13.3. The molecule has 0 atom stereocenters. The third-order valence-electron chi connectivity index (χ3n) is 3.75. The average Bonchev–Trinajstić information content (AvgIpc) is 2.93. The van der Waals surface area contributed by atoms with Crippen LogP contribution in [0.3, 0.4) is 0 Å². The van der Waals surface area contributed by atoms with E-state index in [0.29, 0.717) is 11.8 Å². The van der Waals surface area contributed by atoms with Crippen LogP contribution in [0.1, 0.15) is 19.9 Å². The Hall–Kier alpha value is -2.49. The molecule has 0 N–H and O–H groups in total. The quantitative estimate of drug-likeness (QED) is 0.720. The minimum Gasteiger partial charge on any atom is -0.493 e. The first kappa shape index (κ1) is 14.4. The lowest BCUT2D eigenvalue weighted by Crippen LogP contribution is -2.03. The molecule has 0 spiro atoms. The second-order valence-corrected chi connectivity index (χ2v) is 5.46. The van der Waals surface area contributed by atoms with Gasteiger partial charge in [-0.2, -0.15) is 0 Å². The van der Waals surface area contributed by atoms with Gasteiger partial charge in [-0.05, 0) is 44.2 Å². The Balaban J connectivity index is 2.23. The molecule has 0 bridgehead atoms. The molecule has 0 saturated carbocycles. The van der Waals surface area contributed by atoms with Crippen LogP contribution in [-0.2, 0) is 0 Å². The van der Waals surface area contributed by atoms with Gasteiger partial charge < -0.3 is 14.0 Å². The zero-order chi connectivity index (χ0) is 15.7. The summed E-state index contributed by atoms with van der Waals surface area (Å²) in [6, 6.07) is 14.4. The van der Waals surface area contributed by atoms with Crippen molar-refractivity contribution in [1.29, 1.82) is 0 Å². The van der Waals surface area contributed by atoms with Crippen LogP contribution in [0.4, 0.5) is 0 Å². The van der Waals surface area contributed by atoms with Crippen LogP contribution in [0, 0.1) is 0 Å². The summed E-state index contributed by atoms with van der Waals surface area (Å²) in [6.45, 7) is 4.33. The van der Waals surface area contributed by atoms with E-state index in [1.54, 1.807) is 14.2 Å². The molecular weight excluding hydrogens is 276 g/mol.